The summed E-state index contributed by atoms with van der Waals surface area (Å²) in [6.45, 7) is 0. The molecule has 426 valence electrons. The number of hydrogen-bond donors (Lipinski definition) is 2. The van der Waals surface area contributed by atoms with Crippen LogP contribution in [0.5, 0.6) is 92.0 Å². The Labute approximate surface area is 486 Å². The van der Waals surface area contributed by atoms with Crippen molar-refractivity contribution in [2.24, 2.45) is 0 Å². The van der Waals surface area contributed by atoms with Crippen LogP contribution in [0.15, 0.2) is 155 Å². The van der Waals surface area contributed by atoms with Gasteiger partial charge in [0.15, 0.2) is 46.0 Å². The molecule has 0 amide bonds. The summed E-state index contributed by atoms with van der Waals surface area (Å²) in [6.07, 6.45) is 0. The Morgan fingerprint density at radius 3 is 0.849 bits per heavy atom. The highest BCUT2D eigenvalue weighted by Crippen LogP contribution is 2.58. The number of para-hydroxylation sites is 4. The third kappa shape index (κ3) is 7.51. The lowest BCUT2D eigenvalue weighted by atomic mass is 9.84. The van der Waals surface area contributed by atoms with Crippen molar-refractivity contribution < 1.29 is 56.8 Å². The maximum absolute atomic E-state index is 15.9. The average molecular weight is 1150 g/mol. The van der Waals surface area contributed by atoms with Crippen LogP contribution < -0.4 is 68.0 Å². The molecule has 0 saturated carbocycles. The molecule has 15 rings (SSSR count). The Morgan fingerprint density at radius 1 is 0.279 bits per heavy atom. The number of fused-ring (bicyclic) bond motifs is 10. The monoisotopic (exact) mass is 1150 g/mol. The number of imidazole rings is 2. The molecule has 18 nitrogen and oxygen atoms in total. The van der Waals surface area contributed by atoms with Gasteiger partial charge in [0.05, 0.1) is 89.7 Å². The molecule has 0 fully saturated rings. The summed E-state index contributed by atoms with van der Waals surface area (Å²) < 4.78 is 78.8. The van der Waals surface area contributed by atoms with E-state index in [1.54, 1.807) is 151 Å². The summed E-state index contributed by atoms with van der Waals surface area (Å²) in [5, 5.41) is 5.96. The molecule has 15 aromatic rings. The fraction of sp³-hybridized carbons (Fsp3) is 0.118. The van der Waals surface area contributed by atoms with E-state index in [1.165, 1.54) is 0 Å². The zero-order valence-corrected chi connectivity index (χ0v) is 47.5. The zero-order chi connectivity index (χ0) is 58.8. The molecule has 0 atom stereocenters. The Balaban J connectivity index is 1.22. The van der Waals surface area contributed by atoms with Crippen LogP contribution in [-0.4, -0.2) is 75.6 Å². The van der Waals surface area contributed by atoms with E-state index in [4.69, 9.17) is 56.8 Å². The maximum atomic E-state index is 15.9. The number of H-pyrrole nitrogens is 2. The Bertz CT molecular complexity index is 5080. The molecule has 11 aromatic carbocycles. The smallest absolute Gasteiger partial charge is 0.264 e. The predicted octanol–water partition coefficient (Wildman–Crippen LogP) is 14.9. The molecule has 0 aliphatic heterocycles. The molecule has 0 bridgehead atoms. The van der Waals surface area contributed by atoms with Gasteiger partial charge in [-0.1, -0.05) is 24.3 Å². The minimum absolute atomic E-state index is 0.237. The lowest BCUT2D eigenvalue weighted by Gasteiger charge is -2.25. The van der Waals surface area contributed by atoms with Crippen molar-refractivity contribution in [1.82, 2.24) is 18.8 Å². The summed E-state index contributed by atoms with van der Waals surface area (Å²) in [6, 6.07) is 43.7. The number of ether oxygens (including phenoxy) is 12. The second-order valence-electron chi connectivity index (χ2n) is 20.4. The Morgan fingerprint density at radius 2 is 0.558 bits per heavy atom. The number of benzene rings is 11. The number of nitrogens with zero attached hydrogens (tertiary/aromatic N) is 2. The quantitative estimate of drug-likeness (QED) is 0.0687. The third-order valence-corrected chi connectivity index (χ3v) is 16.1. The number of aromatic amines is 2. The molecule has 18 heteroatoms. The molecule has 86 heavy (non-hydrogen) atoms. The molecule has 0 saturated heterocycles. The third-order valence-electron chi connectivity index (χ3n) is 16.1. The lowest BCUT2D eigenvalue weighted by Crippen LogP contribution is -2.15. The highest BCUT2D eigenvalue weighted by Gasteiger charge is 2.33. The average Bonchev–Trinajstić information content (AvgIpc) is 0.932. The van der Waals surface area contributed by atoms with Gasteiger partial charge in [-0.2, -0.15) is 0 Å². The first-order valence-corrected chi connectivity index (χ1v) is 27.2. The Hall–Kier alpha value is -11.4. The summed E-state index contributed by atoms with van der Waals surface area (Å²) in [5.74, 6) is 6.09. The Kier molecular flexibility index (Phi) is 11.7. The standard InChI is InChI=1S/C68H50N4O14/c1-75-45-21-17-33(25-49(45)79-5)83-53-29-37-57-39(67(73)71-43-15-11-9-13-41(43)69-65(37)71)31-55(85-35-19-23-47(77-3)51(27-35)81-7)61-62-56(86-36-20-24-48(78-4)52(28-36)82-8)32-40-58-38(66-70-42-14-10-12-16-44(42)72(66)68(40)74)30-54(60(64(58)62)59(53)63(57)61)84-34-18-22-46(76-2)50(26-34)80-6/h9-32,69-70H,1-8H3. The van der Waals surface area contributed by atoms with Gasteiger partial charge in [0.2, 0.25) is 0 Å². The van der Waals surface area contributed by atoms with Crippen LogP contribution in [0.4, 0.5) is 0 Å². The molecule has 0 unspecified atom stereocenters. The van der Waals surface area contributed by atoms with E-state index in [1.807, 2.05) is 60.7 Å². The number of hydrogen-bond acceptors (Lipinski definition) is 14. The largest absolute Gasteiger partial charge is 0.493 e. The van der Waals surface area contributed by atoms with Crippen molar-refractivity contribution in [3.63, 3.8) is 0 Å². The fourth-order valence-corrected chi connectivity index (χ4v) is 12.4. The second kappa shape index (κ2) is 19.6. The lowest BCUT2D eigenvalue weighted by molar-refractivity contribution is 0.352. The minimum Gasteiger partial charge on any atom is -0.493 e. The summed E-state index contributed by atoms with van der Waals surface area (Å²) >= 11 is 0. The van der Waals surface area contributed by atoms with E-state index in [0.717, 1.165) is 11.0 Å². The summed E-state index contributed by atoms with van der Waals surface area (Å²) in [5.41, 5.74) is 3.07. The van der Waals surface area contributed by atoms with Crippen LogP contribution in [-0.2, 0) is 0 Å². The molecule has 0 spiro atoms. The van der Waals surface area contributed by atoms with Crippen molar-refractivity contribution in [3.8, 4) is 92.0 Å². The van der Waals surface area contributed by atoms with Crippen LogP contribution in [0, 0.1) is 0 Å². The van der Waals surface area contributed by atoms with Gasteiger partial charge in [-0.3, -0.25) is 18.4 Å². The molecule has 4 heterocycles. The van der Waals surface area contributed by atoms with Crippen LogP contribution in [0.2, 0.25) is 0 Å². The van der Waals surface area contributed by atoms with Crippen molar-refractivity contribution in [3.05, 3.63) is 166 Å². The molecule has 0 aliphatic rings. The van der Waals surface area contributed by atoms with Gasteiger partial charge in [0.1, 0.15) is 57.3 Å². The first-order chi connectivity index (χ1) is 42.1. The number of aromatic nitrogens is 4. The van der Waals surface area contributed by atoms with Crippen LogP contribution in [0.1, 0.15) is 0 Å². The van der Waals surface area contributed by atoms with E-state index >= 15 is 9.59 Å². The number of pyridine rings is 2. The van der Waals surface area contributed by atoms with Gasteiger partial charge < -0.3 is 66.8 Å². The molecule has 2 N–H and O–H groups in total. The normalized spacial score (nSPS) is 11.8. The first kappa shape index (κ1) is 51.5. The first-order valence-electron chi connectivity index (χ1n) is 27.2. The van der Waals surface area contributed by atoms with Crippen molar-refractivity contribution in [1.29, 1.82) is 0 Å². The van der Waals surface area contributed by atoms with Crippen molar-refractivity contribution in [2.75, 3.05) is 56.9 Å². The van der Waals surface area contributed by atoms with Crippen molar-refractivity contribution in [2.45, 2.75) is 0 Å². The molecule has 0 aliphatic carbocycles. The SMILES string of the molecule is COc1ccc(Oc2cc3c(=O)n4c5ccccc5[nH]c4c4cc(Oc5ccc(OC)c(OC)c5)c5c6c(Oc7ccc(OC)c(OC)c7)cc7c8c(cc(Oc9ccc(OC)c(OC)c9)c(c2c5c34)c68)c(=O)n2c3ccccc3[nH]c72)cc1OC. The van der Waals surface area contributed by atoms with Crippen molar-refractivity contribution >= 4 is 98.0 Å². The highest BCUT2D eigenvalue weighted by atomic mass is 16.5. The minimum atomic E-state index is -0.332. The van der Waals surface area contributed by atoms with E-state index in [-0.39, 0.29) is 22.6 Å². The van der Waals surface area contributed by atoms with Gasteiger partial charge in [0, 0.05) is 78.1 Å². The van der Waals surface area contributed by atoms with Crippen LogP contribution in [0.3, 0.4) is 0 Å². The molecule has 4 aromatic heterocycles. The topological polar surface area (TPSA) is 185 Å². The molecular weight excluding hydrogens is 1100 g/mol. The zero-order valence-electron chi connectivity index (χ0n) is 47.5. The second-order valence-corrected chi connectivity index (χ2v) is 20.4. The highest BCUT2D eigenvalue weighted by molar-refractivity contribution is 6.45. The van der Waals surface area contributed by atoms with Gasteiger partial charge in [-0.05, 0) is 97.1 Å². The van der Waals surface area contributed by atoms with E-state index in [2.05, 4.69) is 9.97 Å². The van der Waals surface area contributed by atoms with Gasteiger partial charge >= 0.3 is 0 Å². The van der Waals surface area contributed by atoms with E-state index < -0.39 is 0 Å². The van der Waals surface area contributed by atoms with E-state index in [9.17, 15) is 0 Å². The molecular formula is C68H50N4O14. The molecule has 0 radical (unpaired) electrons. The van der Waals surface area contributed by atoms with Crippen LogP contribution in [0.25, 0.3) is 98.0 Å². The fourth-order valence-electron chi connectivity index (χ4n) is 12.4. The number of rotatable bonds is 16. The summed E-state index contributed by atoms with van der Waals surface area (Å²) in [4.78, 5) is 39.0. The van der Waals surface area contributed by atoms with Gasteiger partial charge in [-0.25, -0.2) is 0 Å². The maximum Gasteiger partial charge on any atom is 0.264 e. The van der Waals surface area contributed by atoms with Gasteiger partial charge in [-0.15, -0.1) is 0 Å². The summed E-state index contributed by atoms with van der Waals surface area (Å²) in [7, 11) is 12.4. The number of nitrogens with one attached hydrogen (secondary N) is 2. The van der Waals surface area contributed by atoms with Gasteiger partial charge in [0.25, 0.3) is 11.1 Å². The van der Waals surface area contributed by atoms with E-state index in [0.29, 0.717) is 167 Å². The number of methoxy groups -OCH3 is 8. The van der Waals surface area contributed by atoms with Crippen LogP contribution >= 0.6 is 0 Å². The predicted molar refractivity (Wildman–Crippen MR) is 330 cm³/mol.